The molecule has 1 N–H and O–H groups in total. The van der Waals surface area contributed by atoms with Gasteiger partial charge in [-0.2, -0.15) is 0 Å². The summed E-state index contributed by atoms with van der Waals surface area (Å²) in [5, 5.41) is 3.44. The van der Waals surface area contributed by atoms with Gasteiger partial charge in [0.05, 0.1) is 11.2 Å². The third-order valence-electron chi connectivity index (χ3n) is 2.12. The molecule has 1 rings (SSSR count). The summed E-state index contributed by atoms with van der Waals surface area (Å²) in [7, 11) is 0. The van der Waals surface area contributed by atoms with Crippen molar-refractivity contribution in [2.75, 3.05) is 6.54 Å². The number of rotatable bonds is 5. The summed E-state index contributed by atoms with van der Waals surface area (Å²) >= 11 is 1.71. The van der Waals surface area contributed by atoms with Crippen LogP contribution in [0.25, 0.3) is 0 Å². The molecule has 0 fully saturated rings. The molecule has 3 heteroatoms. The molecule has 2 nitrogen and oxygen atoms in total. The van der Waals surface area contributed by atoms with Gasteiger partial charge < -0.3 is 5.32 Å². The van der Waals surface area contributed by atoms with Crippen molar-refractivity contribution in [2.24, 2.45) is 0 Å². The maximum Gasteiger partial charge on any atom is 0.0798 e. The number of aryl methyl sites for hydroxylation is 1. The number of thiazole rings is 1. The van der Waals surface area contributed by atoms with Gasteiger partial charge in [0.2, 0.25) is 0 Å². The first kappa shape index (κ1) is 11.2. The lowest BCUT2D eigenvalue weighted by Crippen LogP contribution is -2.19. The summed E-state index contributed by atoms with van der Waals surface area (Å²) in [6, 6.07) is 0.389. The summed E-state index contributed by atoms with van der Waals surface area (Å²) in [5.41, 5.74) is 3.02. The minimum atomic E-state index is 0.389. The van der Waals surface area contributed by atoms with Crippen LogP contribution in [0.2, 0.25) is 0 Å². The Hall–Kier alpha value is -0.850. The molecule has 0 saturated carbocycles. The SMILES string of the molecule is C#CCCCNC(C)c1scnc1C. The van der Waals surface area contributed by atoms with Crippen LogP contribution in [-0.2, 0) is 0 Å². The van der Waals surface area contributed by atoms with E-state index in [2.05, 4.69) is 23.1 Å². The second-order valence-corrected chi connectivity index (χ2v) is 4.17. The summed E-state index contributed by atoms with van der Waals surface area (Å²) in [6.07, 6.45) is 7.07. The van der Waals surface area contributed by atoms with Gasteiger partial charge in [0.1, 0.15) is 0 Å². The number of aromatic nitrogens is 1. The molecule has 0 aliphatic rings. The Morgan fingerprint density at radius 3 is 3.07 bits per heavy atom. The van der Waals surface area contributed by atoms with Gasteiger partial charge in [0, 0.05) is 17.3 Å². The molecule has 1 atom stereocenters. The highest BCUT2D eigenvalue weighted by Gasteiger charge is 2.09. The van der Waals surface area contributed by atoms with Crippen LogP contribution >= 0.6 is 11.3 Å². The minimum absolute atomic E-state index is 0.389. The van der Waals surface area contributed by atoms with Gasteiger partial charge in [-0.05, 0) is 26.8 Å². The van der Waals surface area contributed by atoms with E-state index in [9.17, 15) is 0 Å². The van der Waals surface area contributed by atoms with Crippen LogP contribution < -0.4 is 5.32 Å². The number of unbranched alkanes of at least 4 members (excludes halogenated alkanes) is 1. The monoisotopic (exact) mass is 208 g/mol. The zero-order valence-corrected chi connectivity index (χ0v) is 9.53. The van der Waals surface area contributed by atoms with Gasteiger partial charge >= 0.3 is 0 Å². The Morgan fingerprint density at radius 1 is 1.71 bits per heavy atom. The Kier molecular flexibility index (Phi) is 4.64. The highest BCUT2D eigenvalue weighted by Crippen LogP contribution is 2.20. The molecule has 76 valence electrons. The van der Waals surface area contributed by atoms with Crippen LogP contribution in [0.3, 0.4) is 0 Å². The molecule has 0 bridgehead atoms. The van der Waals surface area contributed by atoms with Gasteiger partial charge in [-0.3, -0.25) is 0 Å². The summed E-state index contributed by atoms with van der Waals surface area (Å²) in [5.74, 6) is 2.64. The first-order valence-electron chi connectivity index (χ1n) is 4.82. The Balaban J connectivity index is 2.33. The van der Waals surface area contributed by atoms with Gasteiger partial charge in [0.25, 0.3) is 0 Å². The van der Waals surface area contributed by atoms with E-state index < -0.39 is 0 Å². The molecule has 1 aromatic heterocycles. The first-order valence-corrected chi connectivity index (χ1v) is 5.70. The van der Waals surface area contributed by atoms with Gasteiger partial charge in [0.15, 0.2) is 0 Å². The molecule has 1 heterocycles. The van der Waals surface area contributed by atoms with Crippen molar-refractivity contribution in [3.63, 3.8) is 0 Å². The molecule has 0 saturated heterocycles. The second kappa shape index (κ2) is 5.79. The van der Waals surface area contributed by atoms with Gasteiger partial charge in [-0.25, -0.2) is 4.98 Å². The van der Waals surface area contributed by atoms with E-state index in [0.29, 0.717) is 6.04 Å². The molecule has 0 aliphatic carbocycles. The van der Waals surface area contributed by atoms with Crippen molar-refractivity contribution < 1.29 is 0 Å². The fourth-order valence-electron chi connectivity index (χ4n) is 1.33. The molecule has 0 radical (unpaired) electrons. The average molecular weight is 208 g/mol. The molecule has 0 aromatic carbocycles. The third kappa shape index (κ3) is 3.13. The quantitative estimate of drug-likeness (QED) is 0.594. The lowest BCUT2D eigenvalue weighted by molar-refractivity contribution is 0.567. The fourth-order valence-corrected chi connectivity index (χ4v) is 2.16. The highest BCUT2D eigenvalue weighted by molar-refractivity contribution is 7.09. The lowest BCUT2D eigenvalue weighted by atomic mass is 10.2. The van der Waals surface area contributed by atoms with Gasteiger partial charge in [-0.15, -0.1) is 23.7 Å². The third-order valence-corrected chi connectivity index (χ3v) is 3.24. The highest BCUT2D eigenvalue weighted by atomic mass is 32.1. The Labute approximate surface area is 89.8 Å². The van der Waals surface area contributed by atoms with Gasteiger partial charge in [-0.1, -0.05) is 0 Å². The number of nitrogens with zero attached hydrogens (tertiary/aromatic N) is 1. The normalized spacial score (nSPS) is 12.4. The van der Waals surface area contributed by atoms with E-state index in [4.69, 9.17) is 6.42 Å². The molecule has 1 unspecified atom stereocenters. The molecular formula is C11H16N2S. The average Bonchev–Trinajstić information content (AvgIpc) is 2.59. The van der Waals surface area contributed by atoms with Crippen LogP contribution in [-0.4, -0.2) is 11.5 Å². The van der Waals surface area contributed by atoms with E-state index in [1.54, 1.807) is 11.3 Å². The second-order valence-electron chi connectivity index (χ2n) is 3.29. The van der Waals surface area contributed by atoms with Crippen LogP contribution in [0.15, 0.2) is 5.51 Å². The minimum Gasteiger partial charge on any atom is -0.309 e. The van der Waals surface area contributed by atoms with Crippen molar-refractivity contribution >= 4 is 11.3 Å². The topological polar surface area (TPSA) is 24.9 Å². The number of terminal acetylenes is 1. The Bertz CT molecular complexity index is 311. The summed E-state index contributed by atoms with van der Waals surface area (Å²) in [6.45, 7) is 5.19. The zero-order valence-electron chi connectivity index (χ0n) is 8.71. The molecule has 14 heavy (non-hydrogen) atoms. The lowest BCUT2D eigenvalue weighted by Gasteiger charge is -2.11. The molecule has 1 aromatic rings. The van der Waals surface area contributed by atoms with Crippen LogP contribution in [0.1, 0.15) is 36.4 Å². The van der Waals surface area contributed by atoms with E-state index >= 15 is 0 Å². The maximum atomic E-state index is 5.18. The molecule has 0 aliphatic heterocycles. The predicted octanol–water partition coefficient (Wildman–Crippen LogP) is 2.52. The van der Waals surface area contributed by atoms with Crippen molar-refractivity contribution in [3.05, 3.63) is 16.1 Å². The first-order chi connectivity index (χ1) is 6.75. The molecule has 0 spiro atoms. The van der Waals surface area contributed by atoms with E-state index in [1.807, 2.05) is 12.4 Å². The van der Waals surface area contributed by atoms with Crippen molar-refractivity contribution in [2.45, 2.75) is 32.7 Å². The van der Waals surface area contributed by atoms with Crippen LogP contribution in [0.5, 0.6) is 0 Å². The molecule has 0 amide bonds. The standard InChI is InChI=1S/C11H16N2S/c1-4-5-6-7-12-9(2)11-10(3)13-8-14-11/h1,8-9,12H,5-7H2,2-3H3. The van der Waals surface area contributed by atoms with Crippen molar-refractivity contribution in [3.8, 4) is 12.3 Å². The van der Waals surface area contributed by atoms with E-state index in [-0.39, 0.29) is 0 Å². The van der Waals surface area contributed by atoms with Crippen molar-refractivity contribution in [1.29, 1.82) is 0 Å². The molecular weight excluding hydrogens is 192 g/mol. The van der Waals surface area contributed by atoms with E-state index in [0.717, 1.165) is 25.1 Å². The van der Waals surface area contributed by atoms with E-state index in [1.165, 1.54) is 4.88 Å². The zero-order chi connectivity index (χ0) is 10.4. The predicted molar refractivity (Wildman–Crippen MR) is 61.3 cm³/mol. The number of hydrogen-bond acceptors (Lipinski definition) is 3. The summed E-state index contributed by atoms with van der Waals surface area (Å²) < 4.78 is 0. The maximum absolute atomic E-state index is 5.18. The van der Waals surface area contributed by atoms with Crippen molar-refractivity contribution in [1.82, 2.24) is 10.3 Å². The van der Waals surface area contributed by atoms with Crippen LogP contribution in [0.4, 0.5) is 0 Å². The summed E-state index contributed by atoms with van der Waals surface area (Å²) in [4.78, 5) is 5.55. The number of hydrogen-bond donors (Lipinski definition) is 1. The van der Waals surface area contributed by atoms with Crippen LogP contribution in [0, 0.1) is 19.3 Å². The largest absolute Gasteiger partial charge is 0.309 e. The number of nitrogens with one attached hydrogen (secondary N) is 1. The fraction of sp³-hybridized carbons (Fsp3) is 0.545. The Morgan fingerprint density at radius 2 is 2.50 bits per heavy atom. The smallest absolute Gasteiger partial charge is 0.0798 e.